The fourth-order valence-corrected chi connectivity index (χ4v) is 1.77. The zero-order valence-corrected chi connectivity index (χ0v) is 7.46. The summed E-state index contributed by atoms with van der Waals surface area (Å²) in [7, 11) is 0. The molecule has 0 bridgehead atoms. The Balaban J connectivity index is 2.29. The molecule has 3 heteroatoms. The number of nitrogens with zero attached hydrogens (tertiary/aromatic N) is 1. The normalized spacial score (nSPS) is 16.5. The fraction of sp³-hybridized carbons (Fsp3) is 0.400. The van der Waals surface area contributed by atoms with Crippen molar-refractivity contribution in [3.63, 3.8) is 0 Å². The summed E-state index contributed by atoms with van der Waals surface area (Å²) in [6.07, 6.45) is 2.41. The highest BCUT2D eigenvalue weighted by Crippen LogP contribution is 2.26. The number of halogens is 1. The number of anilines is 2. The van der Waals surface area contributed by atoms with Gasteiger partial charge < -0.3 is 10.6 Å². The lowest BCUT2D eigenvalue weighted by molar-refractivity contribution is 0.628. The van der Waals surface area contributed by atoms with Gasteiger partial charge in [0.25, 0.3) is 0 Å². The van der Waals surface area contributed by atoms with Gasteiger partial charge in [-0.1, -0.05) is 0 Å². The molecule has 13 heavy (non-hydrogen) atoms. The first-order valence-electron chi connectivity index (χ1n) is 4.57. The Hall–Kier alpha value is -1.25. The van der Waals surface area contributed by atoms with Gasteiger partial charge in [-0.2, -0.15) is 0 Å². The minimum atomic E-state index is -0.263. The Bertz CT molecular complexity index is 306. The van der Waals surface area contributed by atoms with E-state index >= 15 is 0 Å². The molecule has 1 fully saturated rings. The van der Waals surface area contributed by atoms with Crippen molar-refractivity contribution in [1.29, 1.82) is 0 Å². The highest BCUT2D eigenvalue weighted by molar-refractivity contribution is 5.67. The fourth-order valence-electron chi connectivity index (χ4n) is 1.77. The Labute approximate surface area is 77.2 Å². The summed E-state index contributed by atoms with van der Waals surface area (Å²) in [4.78, 5) is 2.20. The van der Waals surface area contributed by atoms with Crippen molar-refractivity contribution in [2.75, 3.05) is 23.7 Å². The molecule has 0 unspecified atom stereocenters. The van der Waals surface area contributed by atoms with Gasteiger partial charge in [-0.05, 0) is 31.0 Å². The molecule has 1 aromatic carbocycles. The summed E-state index contributed by atoms with van der Waals surface area (Å²) in [6.45, 7) is 2.08. The summed E-state index contributed by atoms with van der Waals surface area (Å²) in [6, 6.07) is 4.60. The van der Waals surface area contributed by atoms with Crippen LogP contribution in [0.2, 0.25) is 0 Å². The molecule has 0 spiro atoms. The van der Waals surface area contributed by atoms with E-state index in [1.807, 2.05) is 0 Å². The highest BCUT2D eigenvalue weighted by atomic mass is 19.1. The second-order valence-corrected chi connectivity index (χ2v) is 3.40. The maximum Gasteiger partial charge on any atom is 0.125 e. The quantitative estimate of drug-likeness (QED) is 0.670. The molecule has 1 heterocycles. The first-order valence-corrected chi connectivity index (χ1v) is 4.57. The van der Waals surface area contributed by atoms with Crippen LogP contribution in [-0.4, -0.2) is 13.1 Å². The van der Waals surface area contributed by atoms with Gasteiger partial charge >= 0.3 is 0 Å². The Morgan fingerprint density at radius 1 is 1.23 bits per heavy atom. The maximum atomic E-state index is 12.7. The van der Waals surface area contributed by atoms with Crippen molar-refractivity contribution in [1.82, 2.24) is 0 Å². The van der Waals surface area contributed by atoms with Gasteiger partial charge in [0.2, 0.25) is 0 Å². The molecule has 1 aliphatic rings. The summed E-state index contributed by atoms with van der Waals surface area (Å²) in [5.74, 6) is -0.263. The largest absolute Gasteiger partial charge is 0.397 e. The molecule has 0 aromatic heterocycles. The molecule has 70 valence electrons. The van der Waals surface area contributed by atoms with Gasteiger partial charge in [-0.15, -0.1) is 0 Å². The number of benzene rings is 1. The molecule has 0 aliphatic carbocycles. The van der Waals surface area contributed by atoms with Crippen molar-refractivity contribution in [3.05, 3.63) is 24.0 Å². The Kier molecular flexibility index (Phi) is 2.08. The monoisotopic (exact) mass is 180 g/mol. The van der Waals surface area contributed by atoms with Crippen LogP contribution in [0.3, 0.4) is 0 Å². The molecular formula is C10H13FN2. The van der Waals surface area contributed by atoms with E-state index in [1.165, 1.54) is 25.0 Å². The lowest BCUT2D eigenvalue weighted by atomic mass is 10.2. The van der Waals surface area contributed by atoms with Gasteiger partial charge in [0.15, 0.2) is 0 Å². The second kappa shape index (κ2) is 3.24. The molecule has 0 amide bonds. The molecule has 1 aliphatic heterocycles. The van der Waals surface area contributed by atoms with Crippen LogP contribution in [0, 0.1) is 5.82 Å². The number of rotatable bonds is 1. The van der Waals surface area contributed by atoms with Crippen LogP contribution in [0.25, 0.3) is 0 Å². The zero-order chi connectivity index (χ0) is 9.26. The predicted molar refractivity (Wildman–Crippen MR) is 52.3 cm³/mol. The lowest BCUT2D eigenvalue weighted by Crippen LogP contribution is -2.18. The molecule has 0 saturated carbocycles. The minimum Gasteiger partial charge on any atom is -0.397 e. The van der Waals surface area contributed by atoms with E-state index in [1.54, 1.807) is 6.07 Å². The van der Waals surface area contributed by atoms with Crippen molar-refractivity contribution in [2.45, 2.75) is 12.8 Å². The standard InChI is InChI=1S/C10H13FN2/c11-8-3-4-10(9(12)7-8)13-5-1-2-6-13/h3-4,7H,1-2,5-6,12H2. The van der Waals surface area contributed by atoms with E-state index in [-0.39, 0.29) is 5.82 Å². The van der Waals surface area contributed by atoms with Crippen LogP contribution in [-0.2, 0) is 0 Å². The van der Waals surface area contributed by atoms with Crippen LogP contribution in [0.4, 0.5) is 15.8 Å². The maximum absolute atomic E-state index is 12.7. The third-order valence-electron chi connectivity index (χ3n) is 2.44. The third kappa shape index (κ3) is 1.59. The van der Waals surface area contributed by atoms with E-state index < -0.39 is 0 Å². The van der Waals surface area contributed by atoms with Crippen molar-refractivity contribution < 1.29 is 4.39 Å². The van der Waals surface area contributed by atoms with Gasteiger partial charge in [-0.3, -0.25) is 0 Å². The zero-order valence-electron chi connectivity index (χ0n) is 7.46. The lowest BCUT2D eigenvalue weighted by Gasteiger charge is -2.19. The van der Waals surface area contributed by atoms with Gasteiger partial charge in [-0.25, -0.2) is 4.39 Å². The van der Waals surface area contributed by atoms with Crippen LogP contribution in [0.5, 0.6) is 0 Å². The van der Waals surface area contributed by atoms with E-state index in [4.69, 9.17) is 5.73 Å². The van der Waals surface area contributed by atoms with Gasteiger partial charge in [0.1, 0.15) is 5.82 Å². The van der Waals surface area contributed by atoms with Gasteiger partial charge in [0, 0.05) is 13.1 Å². The number of nitrogens with two attached hydrogens (primary N) is 1. The predicted octanol–water partition coefficient (Wildman–Crippen LogP) is 2.01. The van der Waals surface area contributed by atoms with Crippen molar-refractivity contribution >= 4 is 11.4 Å². The molecule has 2 rings (SSSR count). The first-order chi connectivity index (χ1) is 6.27. The minimum absolute atomic E-state index is 0.263. The first kappa shape index (κ1) is 8.35. The summed E-state index contributed by atoms with van der Waals surface area (Å²) in [5.41, 5.74) is 7.23. The highest BCUT2D eigenvalue weighted by Gasteiger charge is 2.14. The van der Waals surface area contributed by atoms with E-state index in [0.29, 0.717) is 5.69 Å². The van der Waals surface area contributed by atoms with E-state index in [2.05, 4.69) is 4.90 Å². The number of nitrogen functional groups attached to an aromatic ring is 1. The molecule has 0 atom stereocenters. The average Bonchev–Trinajstić information content (AvgIpc) is 2.56. The number of hydrogen-bond donors (Lipinski definition) is 1. The average molecular weight is 180 g/mol. The Morgan fingerprint density at radius 3 is 2.54 bits per heavy atom. The molecule has 2 N–H and O–H groups in total. The number of hydrogen-bond acceptors (Lipinski definition) is 2. The molecule has 0 radical (unpaired) electrons. The molecular weight excluding hydrogens is 167 g/mol. The van der Waals surface area contributed by atoms with Crippen LogP contribution in [0.1, 0.15) is 12.8 Å². The van der Waals surface area contributed by atoms with E-state index in [0.717, 1.165) is 18.8 Å². The van der Waals surface area contributed by atoms with Gasteiger partial charge in [0.05, 0.1) is 11.4 Å². The van der Waals surface area contributed by atoms with E-state index in [9.17, 15) is 4.39 Å². The third-order valence-corrected chi connectivity index (χ3v) is 2.44. The van der Waals surface area contributed by atoms with Crippen molar-refractivity contribution in [3.8, 4) is 0 Å². The van der Waals surface area contributed by atoms with Crippen LogP contribution >= 0.6 is 0 Å². The molecule has 1 saturated heterocycles. The van der Waals surface area contributed by atoms with Crippen molar-refractivity contribution in [2.24, 2.45) is 0 Å². The Morgan fingerprint density at radius 2 is 1.92 bits per heavy atom. The SMILES string of the molecule is Nc1cc(F)ccc1N1CCCC1. The topological polar surface area (TPSA) is 29.3 Å². The van der Waals surface area contributed by atoms with Crippen LogP contribution in [0.15, 0.2) is 18.2 Å². The molecule has 2 nitrogen and oxygen atoms in total. The molecule has 1 aromatic rings. The summed E-state index contributed by atoms with van der Waals surface area (Å²) >= 11 is 0. The smallest absolute Gasteiger partial charge is 0.125 e. The summed E-state index contributed by atoms with van der Waals surface area (Å²) in [5, 5.41) is 0. The summed E-state index contributed by atoms with van der Waals surface area (Å²) < 4.78 is 12.7. The second-order valence-electron chi connectivity index (χ2n) is 3.40. The van der Waals surface area contributed by atoms with Crippen LogP contribution < -0.4 is 10.6 Å².